The van der Waals surface area contributed by atoms with Gasteiger partial charge < -0.3 is 11.1 Å². The number of hydrogen-bond donors (Lipinski definition) is 2. The van der Waals surface area contributed by atoms with E-state index < -0.39 is 0 Å². The van der Waals surface area contributed by atoms with Crippen LogP contribution in [0.4, 0.5) is 0 Å². The number of rotatable bonds is 14. The van der Waals surface area contributed by atoms with Crippen molar-refractivity contribution in [1.82, 2.24) is 5.32 Å². The molecule has 0 aliphatic rings. The van der Waals surface area contributed by atoms with Gasteiger partial charge in [0, 0.05) is 6.54 Å². The third kappa shape index (κ3) is 13.1. The van der Waals surface area contributed by atoms with Crippen molar-refractivity contribution in [1.29, 1.82) is 0 Å². The molecule has 1 rings (SSSR count). The summed E-state index contributed by atoms with van der Waals surface area (Å²) in [5, 5.41) is 3.52. The van der Waals surface area contributed by atoms with Crippen LogP contribution in [0.1, 0.15) is 69.8 Å². The molecule has 0 aliphatic heterocycles. The molecule has 0 heterocycles. The Morgan fingerprint density at radius 3 is 1.73 bits per heavy atom. The van der Waals surface area contributed by atoms with Gasteiger partial charge in [0.25, 0.3) is 0 Å². The minimum Gasteiger partial charge on any atom is -0.330 e. The van der Waals surface area contributed by atoms with Crippen LogP contribution in [-0.2, 0) is 6.54 Å². The van der Waals surface area contributed by atoms with E-state index in [0.29, 0.717) is 0 Å². The predicted octanol–water partition coefficient (Wildman–Crippen LogP) is 5.06. The van der Waals surface area contributed by atoms with E-state index in [1.807, 2.05) is 0 Å². The fraction of sp³-hybridized carbons (Fsp3) is 0.684. The quantitative estimate of drug-likeness (QED) is 0.469. The van der Waals surface area contributed by atoms with Gasteiger partial charge in [-0.1, -0.05) is 81.7 Å². The van der Waals surface area contributed by atoms with Crippen molar-refractivity contribution in [3.05, 3.63) is 35.9 Å². The summed E-state index contributed by atoms with van der Waals surface area (Å²) < 4.78 is 0. The van der Waals surface area contributed by atoms with Crippen LogP contribution < -0.4 is 11.1 Å². The van der Waals surface area contributed by atoms with Gasteiger partial charge in [0.1, 0.15) is 0 Å². The number of nitrogens with two attached hydrogens (primary N) is 1. The zero-order valence-corrected chi connectivity index (χ0v) is 14.9. The molecule has 0 radical (unpaired) electrons. The fourth-order valence-corrected chi connectivity index (χ4v) is 2.64. The molecule has 22 heavy (non-hydrogen) atoms. The molecule has 0 saturated heterocycles. The van der Waals surface area contributed by atoms with E-state index in [0.717, 1.165) is 19.6 Å². The Bertz CT molecular complexity index is 316. The molecule has 0 amide bonds. The number of halogens is 1. The van der Waals surface area contributed by atoms with Gasteiger partial charge in [-0.25, -0.2) is 0 Å². The van der Waals surface area contributed by atoms with Crippen LogP contribution in [0.3, 0.4) is 0 Å². The monoisotopic (exact) mass is 326 g/mol. The third-order valence-corrected chi connectivity index (χ3v) is 3.98. The van der Waals surface area contributed by atoms with Gasteiger partial charge >= 0.3 is 0 Å². The van der Waals surface area contributed by atoms with Crippen molar-refractivity contribution in [2.45, 2.75) is 70.8 Å². The Morgan fingerprint density at radius 2 is 1.18 bits per heavy atom. The maximum Gasteiger partial charge on any atom is 0.0205 e. The summed E-state index contributed by atoms with van der Waals surface area (Å²) in [6.07, 6.45) is 13.6. The molecule has 0 bridgehead atoms. The molecule has 0 aliphatic carbocycles. The lowest BCUT2D eigenvalue weighted by Gasteiger charge is -2.05. The van der Waals surface area contributed by atoms with E-state index in [1.54, 1.807) is 0 Å². The first-order valence-corrected chi connectivity index (χ1v) is 8.88. The molecule has 3 heteroatoms. The normalized spacial score (nSPS) is 10.4. The Labute approximate surface area is 143 Å². The Balaban J connectivity index is 0.00000441. The van der Waals surface area contributed by atoms with Gasteiger partial charge in [-0.05, 0) is 31.5 Å². The van der Waals surface area contributed by atoms with Crippen LogP contribution in [-0.4, -0.2) is 13.1 Å². The highest BCUT2D eigenvalue weighted by Crippen LogP contribution is 2.10. The maximum absolute atomic E-state index is 5.49. The Morgan fingerprint density at radius 1 is 0.682 bits per heavy atom. The van der Waals surface area contributed by atoms with E-state index in [4.69, 9.17) is 5.73 Å². The number of nitrogens with one attached hydrogen (secondary N) is 1. The molecule has 0 atom stereocenters. The van der Waals surface area contributed by atoms with Crippen LogP contribution in [0, 0.1) is 0 Å². The minimum atomic E-state index is 0. The Hall–Kier alpha value is -0.570. The van der Waals surface area contributed by atoms with Crippen molar-refractivity contribution >= 4 is 12.4 Å². The first-order valence-electron chi connectivity index (χ1n) is 8.88. The van der Waals surface area contributed by atoms with Crippen LogP contribution in [0.5, 0.6) is 0 Å². The first kappa shape index (κ1) is 21.4. The second-order valence-electron chi connectivity index (χ2n) is 5.99. The van der Waals surface area contributed by atoms with Crippen molar-refractivity contribution in [3.8, 4) is 0 Å². The number of benzene rings is 1. The summed E-state index contributed by atoms with van der Waals surface area (Å²) >= 11 is 0. The lowest BCUT2D eigenvalue weighted by Crippen LogP contribution is -2.14. The summed E-state index contributed by atoms with van der Waals surface area (Å²) in [6, 6.07) is 10.6. The fourth-order valence-electron chi connectivity index (χ4n) is 2.64. The lowest BCUT2D eigenvalue weighted by atomic mass is 10.1. The molecule has 0 spiro atoms. The summed E-state index contributed by atoms with van der Waals surface area (Å²) in [7, 11) is 0. The summed E-state index contributed by atoms with van der Waals surface area (Å²) in [6.45, 7) is 3.01. The molecule has 3 N–H and O–H groups in total. The topological polar surface area (TPSA) is 38.0 Å². The smallest absolute Gasteiger partial charge is 0.0205 e. The van der Waals surface area contributed by atoms with Crippen molar-refractivity contribution in [2.24, 2.45) is 5.73 Å². The Kier molecular flexibility index (Phi) is 16.4. The standard InChI is InChI=1S/C19H34N2.ClH/c20-16-12-7-5-3-1-2-4-6-8-13-17-21-18-19-14-10-9-11-15-19;/h9-11,14-15,21H,1-8,12-13,16-18,20H2;1H. The average molecular weight is 327 g/mol. The van der Waals surface area contributed by atoms with Gasteiger partial charge in [-0.2, -0.15) is 0 Å². The lowest BCUT2D eigenvalue weighted by molar-refractivity contribution is 0.541. The van der Waals surface area contributed by atoms with Crippen molar-refractivity contribution in [3.63, 3.8) is 0 Å². The molecule has 128 valence electrons. The van der Waals surface area contributed by atoms with Crippen LogP contribution in [0.2, 0.25) is 0 Å². The molecule has 2 nitrogen and oxygen atoms in total. The largest absolute Gasteiger partial charge is 0.330 e. The van der Waals surface area contributed by atoms with E-state index in [9.17, 15) is 0 Å². The molecule has 1 aromatic rings. The SMILES string of the molecule is Cl.NCCCCCCCCCCCCNCc1ccccc1. The second kappa shape index (κ2) is 16.8. The number of hydrogen-bond acceptors (Lipinski definition) is 2. The second-order valence-corrected chi connectivity index (χ2v) is 5.99. The van der Waals surface area contributed by atoms with Gasteiger partial charge in [0.15, 0.2) is 0 Å². The molecule has 0 fully saturated rings. The van der Waals surface area contributed by atoms with E-state index in [-0.39, 0.29) is 12.4 Å². The van der Waals surface area contributed by atoms with Gasteiger partial charge in [-0.3, -0.25) is 0 Å². The summed E-state index contributed by atoms with van der Waals surface area (Å²) in [5.41, 5.74) is 6.87. The van der Waals surface area contributed by atoms with Crippen LogP contribution in [0.15, 0.2) is 30.3 Å². The van der Waals surface area contributed by atoms with E-state index in [1.165, 1.54) is 69.8 Å². The molecule has 0 unspecified atom stereocenters. The minimum absolute atomic E-state index is 0. The van der Waals surface area contributed by atoms with Crippen LogP contribution in [0.25, 0.3) is 0 Å². The summed E-state index contributed by atoms with van der Waals surface area (Å²) in [4.78, 5) is 0. The van der Waals surface area contributed by atoms with Crippen molar-refractivity contribution in [2.75, 3.05) is 13.1 Å². The highest BCUT2D eigenvalue weighted by atomic mass is 35.5. The highest BCUT2D eigenvalue weighted by Gasteiger charge is 1.94. The summed E-state index contributed by atoms with van der Waals surface area (Å²) in [5.74, 6) is 0. The predicted molar refractivity (Wildman–Crippen MR) is 101 cm³/mol. The van der Waals surface area contributed by atoms with E-state index in [2.05, 4.69) is 35.6 Å². The zero-order valence-electron chi connectivity index (χ0n) is 14.1. The van der Waals surface area contributed by atoms with Gasteiger partial charge in [-0.15, -0.1) is 12.4 Å². The van der Waals surface area contributed by atoms with Gasteiger partial charge in [0.2, 0.25) is 0 Å². The van der Waals surface area contributed by atoms with Crippen LogP contribution >= 0.6 is 12.4 Å². The van der Waals surface area contributed by atoms with Gasteiger partial charge in [0.05, 0.1) is 0 Å². The molecule has 0 aromatic heterocycles. The van der Waals surface area contributed by atoms with E-state index >= 15 is 0 Å². The molecular weight excluding hydrogens is 292 g/mol. The molecular formula is C19H35ClN2. The third-order valence-electron chi connectivity index (χ3n) is 3.98. The highest BCUT2D eigenvalue weighted by molar-refractivity contribution is 5.85. The average Bonchev–Trinajstić information content (AvgIpc) is 2.53. The van der Waals surface area contributed by atoms with Crippen molar-refractivity contribution < 1.29 is 0 Å². The maximum atomic E-state index is 5.49. The zero-order chi connectivity index (χ0) is 15.0. The molecule has 1 aromatic carbocycles. The molecule has 0 saturated carbocycles. The number of unbranched alkanes of at least 4 members (excludes halogenated alkanes) is 9. The first-order chi connectivity index (χ1) is 10.4.